The first-order chi connectivity index (χ1) is 16.2. The molecule has 0 aromatic heterocycles. The van der Waals surface area contributed by atoms with Crippen LogP contribution in [-0.4, -0.2) is 44.0 Å². The quantitative estimate of drug-likeness (QED) is 0.439. The van der Waals surface area contributed by atoms with Gasteiger partial charge in [0.05, 0.1) is 0 Å². The molecule has 0 aliphatic heterocycles. The number of rotatable bonds is 10. The van der Waals surface area contributed by atoms with E-state index in [0.29, 0.717) is 6.54 Å². The Morgan fingerprint density at radius 2 is 1.56 bits per heavy atom. The molecular weight excluding hydrogens is 418 g/mol. The largest absolute Gasteiger partial charge is 0.310 e. The van der Waals surface area contributed by atoms with Gasteiger partial charge in [0.2, 0.25) is 5.91 Å². The second kappa shape index (κ2) is 12.0. The van der Waals surface area contributed by atoms with Crippen molar-refractivity contribution in [1.82, 2.24) is 10.2 Å². The minimum atomic E-state index is -0.421. The molecule has 0 fully saturated rings. The van der Waals surface area contributed by atoms with E-state index in [4.69, 9.17) is 0 Å². The molecule has 0 radical (unpaired) electrons. The van der Waals surface area contributed by atoms with Gasteiger partial charge in [0.25, 0.3) is 0 Å². The summed E-state index contributed by atoms with van der Waals surface area (Å²) in [4.78, 5) is 18.3. The maximum Gasteiger partial charge on any atom is 0.248 e. The van der Waals surface area contributed by atoms with Crippen LogP contribution in [0.4, 0.5) is 5.69 Å². The highest BCUT2D eigenvalue weighted by atomic mass is 16.2. The van der Waals surface area contributed by atoms with Crippen molar-refractivity contribution in [1.29, 1.82) is 0 Å². The third kappa shape index (κ3) is 7.02. The van der Waals surface area contributed by atoms with Gasteiger partial charge in [0.1, 0.15) is 6.04 Å². The van der Waals surface area contributed by atoms with E-state index in [2.05, 4.69) is 94.5 Å². The number of anilines is 1. The average Bonchev–Trinajstić information content (AvgIpc) is 2.81. The third-order valence-electron chi connectivity index (χ3n) is 6.28. The van der Waals surface area contributed by atoms with Gasteiger partial charge in [0.15, 0.2) is 0 Å². The molecular formula is C30H39N3O. The van der Waals surface area contributed by atoms with Crippen LogP contribution in [0.3, 0.4) is 0 Å². The zero-order chi connectivity index (χ0) is 24.7. The highest BCUT2D eigenvalue weighted by molar-refractivity contribution is 5.98. The molecule has 4 nitrogen and oxygen atoms in total. The minimum Gasteiger partial charge on any atom is -0.310 e. The number of nitrogens with zero attached hydrogens (tertiary/aromatic N) is 2. The fraction of sp³-hybridized carbons (Fsp3) is 0.367. The van der Waals surface area contributed by atoms with Crippen LogP contribution < -0.4 is 10.2 Å². The Balaban J connectivity index is 1.94. The summed E-state index contributed by atoms with van der Waals surface area (Å²) in [6.07, 6.45) is 0.799. The van der Waals surface area contributed by atoms with Crippen molar-refractivity contribution < 1.29 is 4.79 Å². The number of nitrogens with one attached hydrogen (secondary N) is 1. The fourth-order valence-corrected chi connectivity index (χ4v) is 4.25. The second-order valence-corrected chi connectivity index (χ2v) is 9.67. The highest BCUT2D eigenvalue weighted by Gasteiger charge is 2.28. The maximum absolute atomic E-state index is 14.2. The van der Waals surface area contributed by atoms with Gasteiger partial charge in [-0.3, -0.25) is 10.1 Å². The Morgan fingerprint density at radius 3 is 2.18 bits per heavy atom. The first kappa shape index (κ1) is 25.7. The summed E-state index contributed by atoms with van der Waals surface area (Å²) in [7, 11) is 4.11. The third-order valence-corrected chi connectivity index (χ3v) is 6.28. The van der Waals surface area contributed by atoms with Crippen molar-refractivity contribution >= 4 is 11.6 Å². The number of likely N-dealkylation sites (N-methyl/N-ethyl adjacent to an activating group) is 1. The normalized spacial score (nSPS) is 13.0. The van der Waals surface area contributed by atoms with Crippen LogP contribution in [0.1, 0.15) is 40.8 Å². The number of hydrogen-bond donors (Lipinski definition) is 1. The van der Waals surface area contributed by atoms with E-state index in [1.54, 1.807) is 0 Å². The van der Waals surface area contributed by atoms with Crippen molar-refractivity contribution in [2.75, 3.05) is 32.1 Å². The van der Waals surface area contributed by atoms with Crippen molar-refractivity contribution in [2.24, 2.45) is 0 Å². The molecule has 0 spiro atoms. The molecule has 3 aromatic rings. The van der Waals surface area contributed by atoms with Gasteiger partial charge in [0, 0.05) is 24.8 Å². The predicted octanol–water partition coefficient (Wildman–Crippen LogP) is 5.47. The van der Waals surface area contributed by atoms with E-state index in [-0.39, 0.29) is 11.9 Å². The van der Waals surface area contributed by atoms with Gasteiger partial charge in [-0.2, -0.15) is 0 Å². The van der Waals surface area contributed by atoms with E-state index in [1.165, 1.54) is 22.3 Å². The molecule has 3 aromatic carbocycles. The van der Waals surface area contributed by atoms with Crippen LogP contribution in [0, 0.1) is 20.8 Å². The standard InChI is InChI=1S/C30H39N3O/c1-22-12-15-26(16-13-22)18-19-33(28-17-14-23(2)24(3)20-28)30(34)29(27-10-8-7-9-11-27)31-25(4)21-32(5)6/h7-17,20,25,29,31H,18-19,21H2,1-6H3. The highest BCUT2D eigenvalue weighted by Crippen LogP contribution is 2.25. The molecule has 0 aliphatic rings. The van der Waals surface area contributed by atoms with E-state index < -0.39 is 6.04 Å². The molecule has 4 heteroatoms. The lowest BCUT2D eigenvalue weighted by molar-refractivity contribution is -0.121. The molecule has 180 valence electrons. The van der Waals surface area contributed by atoms with E-state index in [0.717, 1.165) is 24.2 Å². The van der Waals surface area contributed by atoms with Crippen molar-refractivity contribution in [3.05, 3.63) is 101 Å². The van der Waals surface area contributed by atoms with Gasteiger partial charge in [-0.25, -0.2) is 0 Å². The van der Waals surface area contributed by atoms with Crippen LogP contribution in [0.5, 0.6) is 0 Å². The molecule has 0 saturated carbocycles. The summed E-state index contributed by atoms with van der Waals surface area (Å²) in [5.74, 6) is 0.0761. The Labute approximate surface area is 205 Å². The Hall–Kier alpha value is -2.95. The fourth-order valence-electron chi connectivity index (χ4n) is 4.25. The summed E-state index contributed by atoms with van der Waals surface area (Å²) < 4.78 is 0. The monoisotopic (exact) mass is 457 g/mol. The topological polar surface area (TPSA) is 35.6 Å². The van der Waals surface area contributed by atoms with Crippen LogP contribution in [-0.2, 0) is 11.2 Å². The summed E-state index contributed by atoms with van der Waals surface area (Å²) in [6, 6.07) is 24.7. The number of benzene rings is 3. The number of aryl methyl sites for hydroxylation is 3. The van der Waals surface area contributed by atoms with E-state index in [1.807, 2.05) is 35.2 Å². The molecule has 2 unspecified atom stereocenters. The molecule has 0 heterocycles. The van der Waals surface area contributed by atoms with E-state index >= 15 is 0 Å². The zero-order valence-electron chi connectivity index (χ0n) is 21.5. The Kier molecular flexibility index (Phi) is 9.03. The first-order valence-electron chi connectivity index (χ1n) is 12.1. The first-order valence-corrected chi connectivity index (χ1v) is 12.1. The predicted molar refractivity (Wildman–Crippen MR) is 143 cm³/mol. The minimum absolute atomic E-state index is 0.0761. The van der Waals surface area contributed by atoms with Crippen molar-refractivity contribution in [2.45, 2.75) is 46.2 Å². The molecule has 34 heavy (non-hydrogen) atoms. The average molecular weight is 458 g/mol. The summed E-state index contributed by atoms with van der Waals surface area (Å²) >= 11 is 0. The van der Waals surface area contributed by atoms with Gasteiger partial charge in [-0.05, 0) is 82.6 Å². The van der Waals surface area contributed by atoms with Crippen molar-refractivity contribution in [3.8, 4) is 0 Å². The lowest BCUT2D eigenvalue weighted by Gasteiger charge is -2.31. The smallest absolute Gasteiger partial charge is 0.248 e. The number of carbonyl (C=O) groups excluding carboxylic acids is 1. The summed E-state index contributed by atoms with van der Waals surface area (Å²) in [6.45, 7) is 9.92. The lowest BCUT2D eigenvalue weighted by atomic mass is 10.0. The number of carbonyl (C=O) groups is 1. The number of amides is 1. The van der Waals surface area contributed by atoms with Gasteiger partial charge >= 0.3 is 0 Å². The van der Waals surface area contributed by atoms with Gasteiger partial charge < -0.3 is 9.80 Å². The molecule has 1 amide bonds. The number of hydrogen-bond acceptors (Lipinski definition) is 3. The molecule has 0 bridgehead atoms. The van der Waals surface area contributed by atoms with Crippen LogP contribution >= 0.6 is 0 Å². The Morgan fingerprint density at radius 1 is 0.882 bits per heavy atom. The molecule has 2 atom stereocenters. The van der Waals surface area contributed by atoms with Crippen molar-refractivity contribution in [3.63, 3.8) is 0 Å². The molecule has 0 saturated heterocycles. The molecule has 0 aliphatic carbocycles. The SMILES string of the molecule is Cc1ccc(CCN(C(=O)C(NC(C)CN(C)C)c2ccccc2)c2ccc(C)c(C)c2)cc1. The molecule has 3 rings (SSSR count). The zero-order valence-corrected chi connectivity index (χ0v) is 21.5. The molecule has 1 N–H and O–H groups in total. The van der Waals surface area contributed by atoms with Gasteiger partial charge in [-0.1, -0.05) is 66.2 Å². The lowest BCUT2D eigenvalue weighted by Crippen LogP contribution is -2.47. The van der Waals surface area contributed by atoms with Crippen LogP contribution in [0.25, 0.3) is 0 Å². The summed E-state index contributed by atoms with van der Waals surface area (Å²) in [5, 5.41) is 3.61. The Bertz CT molecular complexity index is 1060. The van der Waals surface area contributed by atoms with Gasteiger partial charge in [-0.15, -0.1) is 0 Å². The van der Waals surface area contributed by atoms with E-state index in [9.17, 15) is 4.79 Å². The van der Waals surface area contributed by atoms with Crippen LogP contribution in [0.15, 0.2) is 72.8 Å². The van der Waals surface area contributed by atoms with Crippen LogP contribution in [0.2, 0.25) is 0 Å². The maximum atomic E-state index is 14.2. The summed E-state index contributed by atoms with van der Waals surface area (Å²) in [5.41, 5.74) is 6.83. The second-order valence-electron chi connectivity index (χ2n) is 9.67.